The monoisotopic (exact) mass is 228 g/mol. The Morgan fingerprint density at radius 3 is 2.56 bits per heavy atom. The van der Waals surface area contributed by atoms with Crippen LogP contribution in [0.1, 0.15) is 34.1 Å². The molecule has 2 unspecified atom stereocenters. The van der Waals surface area contributed by atoms with Gasteiger partial charge < -0.3 is 10.1 Å². The minimum Gasteiger partial charge on any atom is -0.383 e. The highest BCUT2D eigenvalue weighted by Crippen LogP contribution is 2.26. The summed E-state index contributed by atoms with van der Waals surface area (Å²) in [5.41, 5.74) is 0.333. The highest BCUT2D eigenvalue weighted by Gasteiger charge is 2.34. The molecule has 3 heteroatoms. The van der Waals surface area contributed by atoms with E-state index >= 15 is 0 Å². The van der Waals surface area contributed by atoms with Crippen LogP contribution in [0, 0.1) is 5.41 Å². The molecule has 1 saturated heterocycles. The van der Waals surface area contributed by atoms with E-state index in [4.69, 9.17) is 4.74 Å². The van der Waals surface area contributed by atoms with Gasteiger partial charge in [0.15, 0.2) is 0 Å². The molecule has 0 aliphatic carbocycles. The third-order valence-corrected chi connectivity index (χ3v) is 3.57. The van der Waals surface area contributed by atoms with Crippen LogP contribution in [-0.2, 0) is 4.74 Å². The maximum atomic E-state index is 5.21. The summed E-state index contributed by atoms with van der Waals surface area (Å²) in [5, 5.41) is 3.65. The maximum Gasteiger partial charge on any atom is 0.0589 e. The predicted octanol–water partition coefficient (Wildman–Crippen LogP) is 1.73. The van der Waals surface area contributed by atoms with E-state index in [9.17, 15) is 0 Å². The number of piperazine rings is 1. The van der Waals surface area contributed by atoms with Gasteiger partial charge in [-0.15, -0.1) is 0 Å². The molecule has 1 fully saturated rings. The lowest BCUT2D eigenvalue weighted by Gasteiger charge is -2.46. The fourth-order valence-corrected chi connectivity index (χ4v) is 2.47. The third-order valence-electron chi connectivity index (χ3n) is 3.57. The Balaban J connectivity index is 2.60. The zero-order valence-electron chi connectivity index (χ0n) is 11.5. The van der Waals surface area contributed by atoms with Crippen LogP contribution in [0.5, 0.6) is 0 Å². The molecule has 0 saturated carbocycles. The first-order chi connectivity index (χ1) is 7.49. The fraction of sp³-hybridized carbons (Fsp3) is 1.00. The Morgan fingerprint density at radius 2 is 2.06 bits per heavy atom. The second-order valence-electron chi connectivity index (χ2n) is 5.88. The average molecular weight is 228 g/mol. The van der Waals surface area contributed by atoms with Crippen molar-refractivity contribution < 1.29 is 4.74 Å². The molecule has 0 aromatic heterocycles. The van der Waals surface area contributed by atoms with Crippen molar-refractivity contribution in [2.45, 2.75) is 46.2 Å². The van der Waals surface area contributed by atoms with E-state index in [1.54, 1.807) is 7.11 Å². The Labute approximate surface area is 101 Å². The molecular weight excluding hydrogens is 200 g/mol. The minimum absolute atomic E-state index is 0.333. The summed E-state index contributed by atoms with van der Waals surface area (Å²) in [6, 6.07) is 1.26. The van der Waals surface area contributed by atoms with Crippen LogP contribution in [0.3, 0.4) is 0 Å². The zero-order valence-corrected chi connectivity index (χ0v) is 11.5. The molecule has 2 atom stereocenters. The molecule has 0 aromatic rings. The van der Waals surface area contributed by atoms with Crippen molar-refractivity contribution in [2.24, 2.45) is 5.41 Å². The molecule has 0 aromatic carbocycles. The minimum atomic E-state index is 0.333. The first-order valence-corrected chi connectivity index (χ1v) is 6.45. The Hall–Kier alpha value is -0.120. The van der Waals surface area contributed by atoms with Crippen molar-refractivity contribution >= 4 is 0 Å². The second kappa shape index (κ2) is 5.99. The zero-order chi connectivity index (χ0) is 12.2. The number of nitrogens with zero attached hydrogens (tertiary/aromatic N) is 1. The van der Waals surface area contributed by atoms with Gasteiger partial charge in [0.2, 0.25) is 0 Å². The average Bonchev–Trinajstić information content (AvgIpc) is 2.24. The SMILES string of the molecule is CCC1CN(CCOC)C(C(C)(C)C)CN1. The van der Waals surface area contributed by atoms with Crippen molar-refractivity contribution in [3.8, 4) is 0 Å². The first-order valence-electron chi connectivity index (χ1n) is 6.45. The van der Waals surface area contributed by atoms with Crippen molar-refractivity contribution in [1.29, 1.82) is 0 Å². The molecule has 16 heavy (non-hydrogen) atoms. The fourth-order valence-electron chi connectivity index (χ4n) is 2.47. The van der Waals surface area contributed by atoms with Gasteiger partial charge in [0, 0.05) is 38.8 Å². The van der Waals surface area contributed by atoms with Crippen molar-refractivity contribution in [3.05, 3.63) is 0 Å². The van der Waals surface area contributed by atoms with Crippen LogP contribution in [0.4, 0.5) is 0 Å². The van der Waals surface area contributed by atoms with Crippen LogP contribution < -0.4 is 5.32 Å². The predicted molar refractivity (Wildman–Crippen MR) is 68.8 cm³/mol. The molecule has 0 bridgehead atoms. The molecule has 1 aliphatic heterocycles. The molecule has 96 valence electrons. The summed E-state index contributed by atoms with van der Waals surface area (Å²) in [4.78, 5) is 2.59. The van der Waals surface area contributed by atoms with Crippen LogP contribution in [0.2, 0.25) is 0 Å². The number of hydrogen-bond donors (Lipinski definition) is 1. The van der Waals surface area contributed by atoms with Gasteiger partial charge in [0.1, 0.15) is 0 Å². The Morgan fingerprint density at radius 1 is 1.38 bits per heavy atom. The van der Waals surface area contributed by atoms with Gasteiger partial charge in [-0.05, 0) is 11.8 Å². The van der Waals surface area contributed by atoms with Gasteiger partial charge in [-0.1, -0.05) is 27.7 Å². The van der Waals surface area contributed by atoms with E-state index in [2.05, 4.69) is 37.9 Å². The van der Waals surface area contributed by atoms with E-state index in [1.165, 1.54) is 6.42 Å². The molecule has 1 rings (SSSR count). The molecular formula is C13H28N2O. The van der Waals surface area contributed by atoms with Crippen molar-refractivity contribution in [1.82, 2.24) is 10.2 Å². The van der Waals surface area contributed by atoms with E-state index < -0.39 is 0 Å². The summed E-state index contributed by atoms with van der Waals surface area (Å²) < 4.78 is 5.21. The lowest BCUT2D eigenvalue weighted by molar-refractivity contribution is 0.0339. The molecule has 0 radical (unpaired) electrons. The largest absolute Gasteiger partial charge is 0.383 e. The van der Waals surface area contributed by atoms with Crippen molar-refractivity contribution in [2.75, 3.05) is 33.4 Å². The summed E-state index contributed by atoms with van der Waals surface area (Å²) in [7, 11) is 1.78. The van der Waals surface area contributed by atoms with Gasteiger partial charge in [-0.3, -0.25) is 4.90 Å². The lowest BCUT2D eigenvalue weighted by Crippen LogP contribution is -2.60. The molecule has 1 heterocycles. The van der Waals surface area contributed by atoms with Crippen molar-refractivity contribution in [3.63, 3.8) is 0 Å². The Kier molecular flexibility index (Phi) is 5.22. The molecule has 1 N–H and O–H groups in total. The van der Waals surface area contributed by atoms with Crippen LogP contribution >= 0.6 is 0 Å². The smallest absolute Gasteiger partial charge is 0.0589 e. The summed E-state index contributed by atoms with van der Waals surface area (Å²) >= 11 is 0. The number of rotatable bonds is 4. The van der Waals surface area contributed by atoms with Crippen LogP contribution in [-0.4, -0.2) is 50.3 Å². The van der Waals surface area contributed by atoms with Gasteiger partial charge >= 0.3 is 0 Å². The van der Waals surface area contributed by atoms with Crippen LogP contribution in [0.25, 0.3) is 0 Å². The molecule has 1 aliphatic rings. The van der Waals surface area contributed by atoms with Gasteiger partial charge in [-0.2, -0.15) is 0 Å². The van der Waals surface area contributed by atoms with Gasteiger partial charge in [0.25, 0.3) is 0 Å². The summed E-state index contributed by atoms with van der Waals surface area (Å²) in [5.74, 6) is 0. The van der Waals surface area contributed by atoms with E-state index in [-0.39, 0.29) is 0 Å². The topological polar surface area (TPSA) is 24.5 Å². The standard InChI is InChI=1S/C13H28N2O/c1-6-11-10-15(7-8-16-5)12(9-14-11)13(2,3)4/h11-12,14H,6-10H2,1-5H3. The highest BCUT2D eigenvalue weighted by molar-refractivity contribution is 4.91. The molecule has 3 nitrogen and oxygen atoms in total. The van der Waals surface area contributed by atoms with Gasteiger partial charge in [-0.25, -0.2) is 0 Å². The lowest BCUT2D eigenvalue weighted by atomic mass is 9.83. The van der Waals surface area contributed by atoms with Crippen LogP contribution in [0.15, 0.2) is 0 Å². The highest BCUT2D eigenvalue weighted by atomic mass is 16.5. The summed E-state index contributed by atoms with van der Waals surface area (Å²) in [6.07, 6.45) is 1.21. The third kappa shape index (κ3) is 3.72. The molecule has 0 spiro atoms. The normalized spacial score (nSPS) is 28.3. The number of nitrogens with one attached hydrogen (secondary N) is 1. The van der Waals surface area contributed by atoms with E-state index in [0.717, 1.165) is 26.2 Å². The van der Waals surface area contributed by atoms with E-state index in [0.29, 0.717) is 17.5 Å². The van der Waals surface area contributed by atoms with E-state index in [1.807, 2.05) is 0 Å². The number of methoxy groups -OCH3 is 1. The Bertz CT molecular complexity index is 201. The quantitative estimate of drug-likeness (QED) is 0.793. The summed E-state index contributed by atoms with van der Waals surface area (Å²) in [6.45, 7) is 13.4. The number of ether oxygens (including phenoxy) is 1. The molecule has 0 amide bonds. The number of hydrogen-bond acceptors (Lipinski definition) is 3. The van der Waals surface area contributed by atoms with Gasteiger partial charge in [0.05, 0.1) is 6.61 Å². The maximum absolute atomic E-state index is 5.21. The first kappa shape index (κ1) is 13.9. The second-order valence-corrected chi connectivity index (χ2v) is 5.88.